The van der Waals surface area contributed by atoms with E-state index in [9.17, 15) is 4.79 Å². The fraction of sp³-hybridized carbons (Fsp3) is 0.235. The Kier molecular flexibility index (Phi) is 4.15. The largest absolute Gasteiger partial charge is 0.497 e. The second kappa shape index (κ2) is 6.22. The molecule has 2 aromatic rings. The van der Waals surface area contributed by atoms with Gasteiger partial charge in [-0.05, 0) is 35.9 Å². The van der Waals surface area contributed by atoms with Crippen LogP contribution in [0.4, 0.5) is 0 Å². The van der Waals surface area contributed by atoms with Crippen LogP contribution in [0.3, 0.4) is 0 Å². The number of rotatable bonds is 2. The van der Waals surface area contributed by atoms with Crippen molar-refractivity contribution in [1.82, 2.24) is 4.90 Å². The second-order valence-corrected chi connectivity index (χ2v) is 6.05. The van der Waals surface area contributed by atoms with Gasteiger partial charge < -0.3 is 9.64 Å². The van der Waals surface area contributed by atoms with E-state index in [1.54, 1.807) is 18.9 Å². The minimum Gasteiger partial charge on any atom is -0.497 e. The molecule has 0 saturated carbocycles. The number of methoxy groups -OCH3 is 1. The summed E-state index contributed by atoms with van der Waals surface area (Å²) in [6, 6.07) is 15.5. The zero-order valence-electron chi connectivity index (χ0n) is 11.9. The van der Waals surface area contributed by atoms with Crippen molar-refractivity contribution >= 4 is 17.7 Å². The third-order valence-corrected chi connectivity index (χ3v) is 4.65. The zero-order valence-corrected chi connectivity index (χ0v) is 12.7. The number of carbonyl (C=O) groups excluding carboxylic acids is 1. The van der Waals surface area contributed by atoms with Crippen LogP contribution in [-0.2, 0) is 6.54 Å². The summed E-state index contributed by atoms with van der Waals surface area (Å²) in [6.07, 6.45) is 0. The van der Waals surface area contributed by atoms with Crippen molar-refractivity contribution in [2.75, 3.05) is 19.4 Å². The summed E-state index contributed by atoms with van der Waals surface area (Å²) in [6.45, 7) is 1.39. The van der Waals surface area contributed by atoms with Crippen LogP contribution in [-0.4, -0.2) is 30.2 Å². The Morgan fingerprint density at radius 1 is 1.19 bits per heavy atom. The van der Waals surface area contributed by atoms with Crippen LogP contribution in [0.2, 0.25) is 0 Å². The van der Waals surface area contributed by atoms with Gasteiger partial charge in [-0.3, -0.25) is 4.79 Å². The van der Waals surface area contributed by atoms with Crippen LogP contribution in [0.25, 0.3) is 0 Å². The number of nitrogens with zero attached hydrogens (tertiary/aromatic N) is 1. The molecule has 21 heavy (non-hydrogen) atoms. The fourth-order valence-electron chi connectivity index (χ4n) is 2.43. The molecule has 1 aliphatic heterocycles. The molecule has 0 fully saturated rings. The van der Waals surface area contributed by atoms with Crippen LogP contribution in [0.1, 0.15) is 15.9 Å². The van der Waals surface area contributed by atoms with E-state index in [0.29, 0.717) is 6.54 Å². The first-order valence-corrected chi connectivity index (χ1v) is 7.90. The van der Waals surface area contributed by atoms with Crippen molar-refractivity contribution in [3.05, 3.63) is 59.7 Å². The first-order valence-electron chi connectivity index (χ1n) is 6.92. The van der Waals surface area contributed by atoms with Crippen molar-refractivity contribution in [3.63, 3.8) is 0 Å². The van der Waals surface area contributed by atoms with Crippen molar-refractivity contribution in [2.24, 2.45) is 0 Å². The molecule has 3 rings (SSSR count). The number of carbonyl (C=O) groups is 1. The highest BCUT2D eigenvalue weighted by Crippen LogP contribution is 2.30. The van der Waals surface area contributed by atoms with Gasteiger partial charge in [0.25, 0.3) is 5.91 Å². The summed E-state index contributed by atoms with van der Waals surface area (Å²) in [5.41, 5.74) is 1.90. The molecule has 108 valence electrons. The quantitative estimate of drug-likeness (QED) is 0.850. The SMILES string of the molecule is COc1ccc2c(c1)CN(C(=O)c1ccccc1)CCS2. The van der Waals surface area contributed by atoms with Gasteiger partial charge in [0, 0.05) is 29.3 Å². The molecule has 2 aromatic carbocycles. The van der Waals surface area contributed by atoms with Gasteiger partial charge in [0.15, 0.2) is 0 Å². The lowest BCUT2D eigenvalue weighted by Crippen LogP contribution is -2.31. The fourth-order valence-corrected chi connectivity index (χ4v) is 3.44. The molecule has 3 nitrogen and oxygen atoms in total. The summed E-state index contributed by atoms with van der Waals surface area (Å²) in [4.78, 5) is 15.7. The monoisotopic (exact) mass is 299 g/mol. The maximum absolute atomic E-state index is 12.6. The van der Waals surface area contributed by atoms with Gasteiger partial charge in [-0.15, -0.1) is 11.8 Å². The van der Waals surface area contributed by atoms with E-state index in [0.717, 1.165) is 29.2 Å². The molecular formula is C17H17NO2S. The molecule has 0 bridgehead atoms. The molecular weight excluding hydrogens is 282 g/mol. The number of amides is 1. The lowest BCUT2D eigenvalue weighted by atomic mass is 10.1. The summed E-state index contributed by atoms with van der Waals surface area (Å²) in [5, 5.41) is 0. The van der Waals surface area contributed by atoms with Crippen molar-refractivity contribution in [2.45, 2.75) is 11.4 Å². The van der Waals surface area contributed by atoms with E-state index < -0.39 is 0 Å². The van der Waals surface area contributed by atoms with E-state index in [1.165, 1.54) is 4.90 Å². The lowest BCUT2D eigenvalue weighted by molar-refractivity contribution is 0.0754. The molecule has 1 aliphatic rings. The highest BCUT2D eigenvalue weighted by Gasteiger charge is 2.20. The average molecular weight is 299 g/mol. The summed E-state index contributed by atoms with van der Waals surface area (Å²) >= 11 is 1.80. The van der Waals surface area contributed by atoms with Crippen LogP contribution in [0.5, 0.6) is 5.75 Å². The second-order valence-electron chi connectivity index (χ2n) is 4.91. The average Bonchev–Trinajstić information content (AvgIpc) is 2.76. The Morgan fingerprint density at radius 3 is 2.76 bits per heavy atom. The Hall–Kier alpha value is -1.94. The number of benzene rings is 2. The normalized spacial score (nSPS) is 14.2. The van der Waals surface area contributed by atoms with Crippen molar-refractivity contribution in [1.29, 1.82) is 0 Å². The highest BCUT2D eigenvalue weighted by atomic mass is 32.2. The summed E-state index contributed by atoms with van der Waals surface area (Å²) < 4.78 is 5.29. The Bertz CT molecular complexity index is 642. The Morgan fingerprint density at radius 2 is 2.00 bits per heavy atom. The van der Waals surface area contributed by atoms with Gasteiger partial charge in [-0.1, -0.05) is 18.2 Å². The first-order chi connectivity index (χ1) is 10.3. The van der Waals surface area contributed by atoms with Gasteiger partial charge in [0.05, 0.1) is 7.11 Å². The maximum atomic E-state index is 12.6. The Labute approximate surface area is 128 Å². The van der Waals surface area contributed by atoms with E-state index in [-0.39, 0.29) is 5.91 Å². The molecule has 0 radical (unpaired) electrons. The van der Waals surface area contributed by atoms with Crippen LogP contribution >= 0.6 is 11.8 Å². The van der Waals surface area contributed by atoms with E-state index in [4.69, 9.17) is 4.74 Å². The van der Waals surface area contributed by atoms with Gasteiger partial charge in [0.1, 0.15) is 5.75 Å². The van der Waals surface area contributed by atoms with Gasteiger partial charge in [-0.2, -0.15) is 0 Å². The number of hydrogen-bond donors (Lipinski definition) is 0. The molecule has 1 heterocycles. The van der Waals surface area contributed by atoms with E-state index in [1.807, 2.05) is 47.4 Å². The van der Waals surface area contributed by atoms with Crippen LogP contribution in [0.15, 0.2) is 53.4 Å². The molecule has 0 spiro atoms. The smallest absolute Gasteiger partial charge is 0.254 e. The zero-order chi connectivity index (χ0) is 14.7. The maximum Gasteiger partial charge on any atom is 0.254 e. The first kappa shape index (κ1) is 14.0. The number of thioether (sulfide) groups is 1. The van der Waals surface area contributed by atoms with Crippen molar-refractivity contribution < 1.29 is 9.53 Å². The van der Waals surface area contributed by atoms with E-state index >= 15 is 0 Å². The van der Waals surface area contributed by atoms with Gasteiger partial charge in [-0.25, -0.2) is 0 Å². The molecule has 0 aliphatic carbocycles. The highest BCUT2D eigenvalue weighted by molar-refractivity contribution is 7.99. The van der Waals surface area contributed by atoms with Gasteiger partial charge in [0.2, 0.25) is 0 Å². The summed E-state index contributed by atoms with van der Waals surface area (Å²) in [7, 11) is 1.67. The molecule has 0 N–H and O–H groups in total. The van der Waals surface area contributed by atoms with Gasteiger partial charge >= 0.3 is 0 Å². The third kappa shape index (κ3) is 3.05. The molecule has 1 amide bonds. The minimum atomic E-state index is 0.0897. The topological polar surface area (TPSA) is 29.5 Å². The molecule has 0 unspecified atom stereocenters. The Balaban J connectivity index is 1.86. The number of ether oxygens (including phenoxy) is 1. The predicted octanol–water partition coefficient (Wildman–Crippen LogP) is 3.44. The minimum absolute atomic E-state index is 0.0897. The van der Waals surface area contributed by atoms with Crippen LogP contribution in [0, 0.1) is 0 Å². The molecule has 0 atom stereocenters. The van der Waals surface area contributed by atoms with E-state index in [2.05, 4.69) is 6.07 Å². The standard InChI is InChI=1S/C17H17NO2S/c1-20-15-7-8-16-14(11-15)12-18(9-10-21-16)17(19)13-5-3-2-4-6-13/h2-8,11H,9-10,12H2,1H3. The molecule has 0 saturated heterocycles. The predicted molar refractivity (Wildman–Crippen MR) is 84.9 cm³/mol. The lowest BCUT2D eigenvalue weighted by Gasteiger charge is -2.20. The molecule has 0 aromatic heterocycles. The van der Waals surface area contributed by atoms with Crippen molar-refractivity contribution in [3.8, 4) is 5.75 Å². The number of fused-ring (bicyclic) bond motifs is 1. The summed E-state index contributed by atoms with van der Waals surface area (Å²) in [5.74, 6) is 1.84. The van der Waals surface area contributed by atoms with Crippen LogP contribution < -0.4 is 4.74 Å². The molecule has 4 heteroatoms. The number of hydrogen-bond acceptors (Lipinski definition) is 3. The third-order valence-electron chi connectivity index (χ3n) is 3.56.